The van der Waals surface area contributed by atoms with E-state index >= 15 is 0 Å². The average Bonchev–Trinajstić information content (AvgIpc) is 2.74. The summed E-state index contributed by atoms with van der Waals surface area (Å²) in [6.45, 7) is 0. The zero-order chi connectivity index (χ0) is 9.10. The molecule has 1 unspecified atom stereocenters. The van der Waals surface area contributed by atoms with E-state index in [0.717, 1.165) is 12.3 Å². The molecule has 1 atom stereocenters. The third-order valence-corrected chi connectivity index (χ3v) is 4.30. The molecule has 0 aromatic carbocycles. The molecule has 2 rings (SSSR count). The fraction of sp³-hybridized carbons (Fsp3) is 0.636. The van der Waals surface area contributed by atoms with Gasteiger partial charge in [-0.05, 0) is 36.6 Å². The second-order valence-electron chi connectivity index (χ2n) is 3.84. The molecule has 1 saturated carbocycles. The highest BCUT2D eigenvalue weighted by molar-refractivity contribution is 7.09. The standard InChI is InChI=1S/C11H15ClS/c12-11(9-4-1-2-5-9)8-10-6-3-7-13-10/h3,6-7,9,11H,1-2,4-5,8H2. The van der Waals surface area contributed by atoms with Crippen LogP contribution in [-0.2, 0) is 6.42 Å². The molecule has 0 spiro atoms. The monoisotopic (exact) mass is 214 g/mol. The predicted octanol–water partition coefficient (Wildman–Crippen LogP) is 4.09. The van der Waals surface area contributed by atoms with Gasteiger partial charge in [0, 0.05) is 10.3 Å². The lowest BCUT2D eigenvalue weighted by Gasteiger charge is -2.15. The van der Waals surface area contributed by atoms with Crippen LogP contribution in [0.15, 0.2) is 17.5 Å². The highest BCUT2D eigenvalue weighted by Crippen LogP contribution is 2.32. The highest BCUT2D eigenvalue weighted by Gasteiger charge is 2.23. The van der Waals surface area contributed by atoms with Crippen molar-refractivity contribution in [3.63, 3.8) is 0 Å². The number of alkyl halides is 1. The van der Waals surface area contributed by atoms with E-state index in [-0.39, 0.29) is 0 Å². The number of halogens is 1. The van der Waals surface area contributed by atoms with Gasteiger partial charge in [0.25, 0.3) is 0 Å². The molecular formula is C11H15ClS. The third-order valence-electron chi connectivity index (χ3n) is 2.89. The lowest BCUT2D eigenvalue weighted by atomic mass is 10.0. The molecule has 0 radical (unpaired) electrons. The van der Waals surface area contributed by atoms with E-state index in [0.29, 0.717) is 5.38 Å². The summed E-state index contributed by atoms with van der Waals surface area (Å²) in [5.41, 5.74) is 0. The first kappa shape index (κ1) is 9.54. The van der Waals surface area contributed by atoms with Crippen molar-refractivity contribution < 1.29 is 0 Å². The number of thiophene rings is 1. The topological polar surface area (TPSA) is 0 Å². The fourth-order valence-corrected chi connectivity index (χ4v) is 3.38. The van der Waals surface area contributed by atoms with Gasteiger partial charge in [-0.3, -0.25) is 0 Å². The Morgan fingerprint density at radius 2 is 2.23 bits per heavy atom. The minimum atomic E-state index is 0.376. The lowest BCUT2D eigenvalue weighted by molar-refractivity contribution is 0.514. The average molecular weight is 215 g/mol. The molecule has 1 aliphatic carbocycles. The summed E-state index contributed by atoms with van der Waals surface area (Å²) in [5.74, 6) is 0.781. The molecule has 0 aliphatic heterocycles. The Bertz CT molecular complexity index is 237. The zero-order valence-corrected chi connectivity index (χ0v) is 9.28. The van der Waals surface area contributed by atoms with Gasteiger partial charge in [0.05, 0.1) is 0 Å². The van der Waals surface area contributed by atoms with Crippen LogP contribution in [0, 0.1) is 5.92 Å². The normalized spacial score (nSPS) is 20.7. The van der Waals surface area contributed by atoms with Crippen LogP contribution in [0.4, 0.5) is 0 Å². The molecule has 0 N–H and O–H groups in total. The van der Waals surface area contributed by atoms with Gasteiger partial charge >= 0.3 is 0 Å². The fourth-order valence-electron chi connectivity index (χ4n) is 2.11. The summed E-state index contributed by atoms with van der Waals surface area (Å²) >= 11 is 8.21. The van der Waals surface area contributed by atoms with Crippen LogP contribution in [0.1, 0.15) is 30.6 Å². The van der Waals surface area contributed by atoms with Crippen molar-refractivity contribution in [1.29, 1.82) is 0 Å². The van der Waals surface area contributed by atoms with Crippen molar-refractivity contribution in [1.82, 2.24) is 0 Å². The van der Waals surface area contributed by atoms with E-state index < -0.39 is 0 Å². The van der Waals surface area contributed by atoms with Crippen LogP contribution in [0.3, 0.4) is 0 Å². The van der Waals surface area contributed by atoms with Gasteiger partial charge in [-0.2, -0.15) is 0 Å². The molecule has 0 nitrogen and oxygen atoms in total. The van der Waals surface area contributed by atoms with Crippen molar-refractivity contribution >= 4 is 22.9 Å². The molecule has 0 saturated heterocycles. The molecule has 0 amide bonds. The summed E-state index contributed by atoms with van der Waals surface area (Å²) in [7, 11) is 0. The lowest BCUT2D eigenvalue weighted by Crippen LogP contribution is -2.13. The molecule has 2 heteroatoms. The molecule has 1 aromatic rings. The number of rotatable bonds is 3. The SMILES string of the molecule is ClC(Cc1cccs1)C1CCCC1. The summed E-state index contributed by atoms with van der Waals surface area (Å²) < 4.78 is 0. The van der Waals surface area contributed by atoms with Crippen molar-refractivity contribution in [2.45, 2.75) is 37.5 Å². The Kier molecular flexibility index (Phi) is 3.28. The Balaban J connectivity index is 1.87. The molecule has 1 fully saturated rings. The maximum absolute atomic E-state index is 6.39. The minimum absolute atomic E-state index is 0.376. The molecule has 72 valence electrons. The predicted molar refractivity (Wildman–Crippen MR) is 59.6 cm³/mol. The maximum atomic E-state index is 6.39. The summed E-state index contributed by atoms with van der Waals surface area (Å²) in [4.78, 5) is 1.44. The van der Waals surface area contributed by atoms with E-state index in [2.05, 4.69) is 17.5 Å². The first-order chi connectivity index (χ1) is 6.36. The molecule has 1 heterocycles. The molecule has 13 heavy (non-hydrogen) atoms. The van der Waals surface area contributed by atoms with Gasteiger partial charge in [0.2, 0.25) is 0 Å². The van der Waals surface area contributed by atoms with Crippen LogP contribution >= 0.6 is 22.9 Å². The quantitative estimate of drug-likeness (QED) is 0.665. The first-order valence-electron chi connectivity index (χ1n) is 5.03. The third kappa shape index (κ3) is 2.47. The van der Waals surface area contributed by atoms with Crippen molar-refractivity contribution in [3.05, 3.63) is 22.4 Å². The Morgan fingerprint density at radius 1 is 1.46 bits per heavy atom. The van der Waals surface area contributed by atoms with Crippen LogP contribution < -0.4 is 0 Å². The van der Waals surface area contributed by atoms with Gasteiger partial charge < -0.3 is 0 Å². The molecule has 1 aromatic heterocycles. The van der Waals surface area contributed by atoms with Crippen LogP contribution in [0.2, 0.25) is 0 Å². The van der Waals surface area contributed by atoms with Gasteiger partial charge in [0.15, 0.2) is 0 Å². The smallest absolute Gasteiger partial charge is 0.0412 e. The summed E-state index contributed by atoms with van der Waals surface area (Å²) in [6.07, 6.45) is 6.54. The van der Waals surface area contributed by atoms with Crippen LogP contribution in [0.5, 0.6) is 0 Å². The second kappa shape index (κ2) is 4.47. The van der Waals surface area contributed by atoms with Gasteiger partial charge in [-0.25, -0.2) is 0 Å². The van der Waals surface area contributed by atoms with Gasteiger partial charge in [-0.15, -0.1) is 22.9 Å². The summed E-state index contributed by atoms with van der Waals surface area (Å²) in [6, 6.07) is 4.30. The van der Waals surface area contributed by atoms with E-state index in [9.17, 15) is 0 Å². The van der Waals surface area contributed by atoms with Gasteiger partial charge in [0.1, 0.15) is 0 Å². The zero-order valence-electron chi connectivity index (χ0n) is 7.71. The number of hydrogen-bond acceptors (Lipinski definition) is 1. The molecule has 1 aliphatic rings. The molecular weight excluding hydrogens is 200 g/mol. The van der Waals surface area contributed by atoms with Crippen molar-refractivity contribution in [2.75, 3.05) is 0 Å². The Labute approximate surface area is 88.9 Å². The van der Waals surface area contributed by atoms with E-state index in [4.69, 9.17) is 11.6 Å². The minimum Gasteiger partial charge on any atom is -0.149 e. The van der Waals surface area contributed by atoms with Crippen molar-refractivity contribution in [3.8, 4) is 0 Å². The first-order valence-corrected chi connectivity index (χ1v) is 6.34. The van der Waals surface area contributed by atoms with Gasteiger partial charge in [-0.1, -0.05) is 18.9 Å². The van der Waals surface area contributed by atoms with Crippen LogP contribution in [-0.4, -0.2) is 5.38 Å². The highest BCUT2D eigenvalue weighted by atomic mass is 35.5. The Morgan fingerprint density at radius 3 is 2.85 bits per heavy atom. The molecule has 0 bridgehead atoms. The van der Waals surface area contributed by atoms with Crippen molar-refractivity contribution in [2.24, 2.45) is 5.92 Å². The number of hydrogen-bond donors (Lipinski definition) is 0. The van der Waals surface area contributed by atoms with E-state index in [1.165, 1.54) is 30.6 Å². The second-order valence-corrected chi connectivity index (χ2v) is 5.44. The Hall–Kier alpha value is -0.0100. The maximum Gasteiger partial charge on any atom is 0.0412 e. The van der Waals surface area contributed by atoms with E-state index in [1.54, 1.807) is 0 Å². The van der Waals surface area contributed by atoms with E-state index in [1.807, 2.05) is 11.3 Å². The van der Waals surface area contributed by atoms with Crippen LogP contribution in [0.25, 0.3) is 0 Å². The largest absolute Gasteiger partial charge is 0.149 e. The summed E-state index contributed by atoms with van der Waals surface area (Å²) in [5, 5.41) is 2.51.